The number of phenolic OH excluding ortho intramolecular Hbond substituents is 1. The summed E-state index contributed by atoms with van der Waals surface area (Å²) in [4.78, 5) is 91.9. The van der Waals surface area contributed by atoms with E-state index in [0.29, 0.717) is 18.4 Å². The summed E-state index contributed by atoms with van der Waals surface area (Å²) in [5.41, 5.74) is 11.6. The molecule has 2 rings (SSSR count). The van der Waals surface area contributed by atoms with Gasteiger partial charge in [-0.25, -0.2) is 4.79 Å². The molecule has 1 aromatic rings. The average Bonchev–Trinajstić information content (AvgIpc) is 3.52. The molecule has 10 N–H and O–H groups in total. The fraction of sp³-hybridized carbons (Fsp3) is 0.618. The maximum absolute atomic E-state index is 13.7. The number of hydrogen-bond donors (Lipinski definition) is 8. The summed E-state index contributed by atoms with van der Waals surface area (Å²) in [5, 5.41) is 29.8. The van der Waals surface area contributed by atoms with Gasteiger partial charge in [-0.3, -0.25) is 28.8 Å². The number of carboxylic acid groups (broad SMARTS) is 1. The molecule has 1 aliphatic rings. The Kier molecular flexibility index (Phi) is 16.1. The van der Waals surface area contributed by atoms with Crippen LogP contribution in [0, 0.1) is 11.8 Å². The molecule has 0 aromatic heterocycles. The number of primary amides is 1. The zero-order chi connectivity index (χ0) is 37.7. The quantitative estimate of drug-likeness (QED) is 0.0929. The second kappa shape index (κ2) is 19.5. The lowest BCUT2D eigenvalue weighted by Gasteiger charge is -2.31. The Balaban J connectivity index is 2.33. The zero-order valence-electron chi connectivity index (χ0n) is 29.4. The van der Waals surface area contributed by atoms with E-state index in [1.165, 1.54) is 36.1 Å². The Morgan fingerprint density at radius 3 is 1.88 bits per heavy atom. The van der Waals surface area contributed by atoms with Crippen molar-refractivity contribution >= 4 is 41.4 Å². The minimum Gasteiger partial charge on any atom is -0.508 e. The van der Waals surface area contributed by atoms with E-state index in [-0.39, 0.29) is 56.2 Å². The summed E-state index contributed by atoms with van der Waals surface area (Å²) in [7, 11) is 0. The molecule has 16 heteroatoms. The van der Waals surface area contributed by atoms with Crippen molar-refractivity contribution in [3.8, 4) is 5.75 Å². The molecule has 0 unspecified atom stereocenters. The highest BCUT2D eigenvalue weighted by Gasteiger charge is 2.39. The second-order valence-electron chi connectivity index (χ2n) is 13.7. The molecule has 6 amide bonds. The molecular formula is C34H53N7O9. The molecule has 0 spiro atoms. The van der Waals surface area contributed by atoms with Gasteiger partial charge in [0.1, 0.15) is 36.0 Å². The number of aromatic hydroxyl groups is 1. The molecule has 0 saturated carbocycles. The standard InChI is InChI=1S/C34H53N7O9/c1-18(2)15-25(39-29(44)20(5)35)33(48)41-14-6-7-27(41)32(47)37-23(12-13-28(36)43)30(45)38-24(17-21-8-10-22(42)11-9-21)31(46)40-26(34(49)50)16-19(3)4/h8-11,18-20,23-27,42H,6-7,12-17,35H2,1-5H3,(H2,36,43)(H,37,47)(H,38,45)(H,39,44)(H,40,46)(H,49,50)/t20-,23-,24-,25-,26-,27-/m0/s1. The Bertz CT molecular complexity index is 1370. The maximum atomic E-state index is 13.7. The number of nitrogens with zero attached hydrogens (tertiary/aromatic N) is 1. The molecular weight excluding hydrogens is 650 g/mol. The molecule has 1 heterocycles. The van der Waals surface area contributed by atoms with Gasteiger partial charge in [0, 0.05) is 19.4 Å². The third-order valence-corrected chi connectivity index (χ3v) is 8.22. The van der Waals surface area contributed by atoms with Crippen LogP contribution in [-0.2, 0) is 40.0 Å². The monoisotopic (exact) mass is 703 g/mol. The normalized spacial score (nSPS) is 17.3. The van der Waals surface area contributed by atoms with Crippen molar-refractivity contribution in [3.63, 3.8) is 0 Å². The predicted molar refractivity (Wildman–Crippen MR) is 183 cm³/mol. The maximum Gasteiger partial charge on any atom is 0.326 e. The van der Waals surface area contributed by atoms with E-state index in [9.17, 15) is 43.8 Å². The molecule has 16 nitrogen and oxygen atoms in total. The molecule has 6 atom stereocenters. The second-order valence-corrected chi connectivity index (χ2v) is 13.7. The van der Waals surface area contributed by atoms with Crippen LogP contribution >= 0.6 is 0 Å². The number of carbonyl (C=O) groups excluding carboxylic acids is 6. The minimum atomic E-state index is -1.36. The first-order chi connectivity index (χ1) is 23.4. The number of nitrogens with two attached hydrogens (primary N) is 2. The van der Waals surface area contributed by atoms with E-state index < -0.39 is 77.7 Å². The van der Waals surface area contributed by atoms with Gasteiger partial charge in [0.2, 0.25) is 35.4 Å². The molecule has 1 aromatic carbocycles. The van der Waals surface area contributed by atoms with Crippen LogP contribution in [0.5, 0.6) is 5.75 Å². The number of aliphatic carboxylic acids is 1. The molecule has 0 aliphatic carbocycles. The highest BCUT2D eigenvalue weighted by molar-refractivity contribution is 5.96. The first-order valence-electron chi connectivity index (χ1n) is 17.0. The van der Waals surface area contributed by atoms with Crippen LogP contribution in [0.4, 0.5) is 0 Å². The van der Waals surface area contributed by atoms with E-state index in [4.69, 9.17) is 11.5 Å². The van der Waals surface area contributed by atoms with Gasteiger partial charge in [0.25, 0.3) is 0 Å². The lowest BCUT2D eigenvalue weighted by atomic mass is 10.0. The summed E-state index contributed by atoms with van der Waals surface area (Å²) < 4.78 is 0. The summed E-state index contributed by atoms with van der Waals surface area (Å²) >= 11 is 0. The van der Waals surface area contributed by atoms with Crippen molar-refractivity contribution in [2.45, 2.75) is 116 Å². The Morgan fingerprint density at radius 1 is 0.800 bits per heavy atom. The van der Waals surface area contributed by atoms with E-state index in [0.717, 1.165) is 0 Å². The molecule has 50 heavy (non-hydrogen) atoms. The predicted octanol–water partition coefficient (Wildman–Crippen LogP) is -0.346. The lowest BCUT2D eigenvalue weighted by molar-refractivity contribution is -0.143. The van der Waals surface area contributed by atoms with Crippen molar-refractivity contribution in [2.24, 2.45) is 23.3 Å². The van der Waals surface area contributed by atoms with Crippen LogP contribution in [0.25, 0.3) is 0 Å². The van der Waals surface area contributed by atoms with Crippen LogP contribution < -0.4 is 32.7 Å². The van der Waals surface area contributed by atoms with Crippen LogP contribution in [-0.4, -0.2) is 99.3 Å². The number of amides is 6. The van der Waals surface area contributed by atoms with E-state index >= 15 is 0 Å². The molecule has 0 bridgehead atoms. The fourth-order valence-corrected chi connectivity index (χ4v) is 5.64. The van der Waals surface area contributed by atoms with Crippen molar-refractivity contribution < 1.29 is 43.8 Å². The van der Waals surface area contributed by atoms with Gasteiger partial charge >= 0.3 is 5.97 Å². The van der Waals surface area contributed by atoms with Crippen LogP contribution in [0.3, 0.4) is 0 Å². The molecule has 1 saturated heterocycles. The lowest BCUT2D eigenvalue weighted by Crippen LogP contribution is -2.59. The number of likely N-dealkylation sites (tertiary alicyclic amines) is 1. The summed E-state index contributed by atoms with van der Waals surface area (Å²) in [6.45, 7) is 9.08. The molecule has 1 fully saturated rings. The van der Waals surface area contributed by atoms with E-state index in [2.05, 4.69) is 21.3 Å². The number of rotatable bonds is 19. The molecule has 278 valence electrons. The Morgan fingerprint density at radius 2 is 1.34 bits per heavy atom. The highest BCUT2D eigenvalue weighted by Crippen LogP contribution is 2.21. The van der Waals surface area contributed by atoms with E-state index in [1.54, 1.807) is 13.8 Å². The van der Waals surface area contributed by atoms with Gasteiger partial charge in [0.05, 0.1) is 6.04 Å². The van der Waals surface area contributed by atoms with Gasteiger partial charge < -0.3 is 47.8 Å². The number of benzene rings is 1. The number of carboxylic acids is 1. The summed E-state index contributed by atoms with van der Waals surface area (Å²) in [6.07, 6.45) is 0.557. The van der Waals surface area contributed by atoms with Gasteiger partial charge in [-0.2, -0.15) is 0 Å². The number of nitrogens with one attached hydrogen (secondary N) is 4. The van der Waals surface area contributed by atoms with Crippen molar-refractivity contribution in [2.75, 3.05) is 6.54 Å². The van der Waals surface area contributed by atoms with Crippen molar-refractivity contribution in [1.82, 2.24) is 26.2 Å². The SMILES string of the molecule is CC(C)C[C@H](NC(=O)[C@H](Cc1ccc(O)cc1)NC(=O)[C@H](CCC(N)=O)NC(=O)[C@@H]1CCCN1C(=O)[C@H](CC(C)C)NC(=O)[C@H](C)N)C(=O)O. The van der Waals surface area contributed by atoms with E-state index in [1.807, 2.05) is 13.8 Å². The largest absolute Gasteiger partial charge is 0.508 e. The molecule has 0 radical (unpaired) electrons. The van der Waals surface area contributed by atoms with Gasteiger partial charge in [-0.15, -0.1) is 0 Å². The number of hydrogen-bond acceptors (Lipinski definition) is 9. The topological polar surface area (TPSA) is 263 Å². The third-order valence-electron chi connectivity index (χ3n) is 8.22. The fourth-order valence-electron chi connectivity index (χ4n) is 5.64. The first kappa shape index (κ1) is 41.4. The first-order valence-corrected chi connectivity index (χ1v) is 17.0. The van der Waals surface area contributed by atoms with Crippen LogP contribution in [0.15, 0.2) is 24.3 Å². The molecule has 1 aliphatic heterocycles. The van der Waals surface area contributed by atoms with Crippen LogP contribution in [0.1, 0.15) is 78.7 Å². The smallest absolute Gasteiger partial charge is 0.326 e. The summed E-state index contributed by atoms with van der Waals surface area (Å²) in [5.74, 6) is -5.36. The minimum absolute atomic E-state index is 0.0250. The Labute approximate surface area is 292 Å². The van der Waals surface area contributed by atoms with Gasteiger partial charge in [-0.05, 0) is 68.6 Å². The zero-order valence-corrected chi connectivity index (χ0v) is 29.4. The highest BCUT2D eigenvalue weighted by atomic mass is 16.4. The third kappa shape index (κ3) is 13.3. The van der Waals surface area contributed by atoms with Gasteiger partial charge in [0.15, 0.2) is 0 Å². The van der Waals surface area contributed by atoms with Crippen molar-refractivity contribution in [1.29, 1.82) is 0 Å². The summed E-state index contributed by atoms with van der Waals surface area (Å²) in [6, 6.07) is -0.844. The Hall–Kier alpha value is -4.73. The number of carbonyl (C=O) groups is 7. The van der Waals surface area contributed by atoms with Crippen molar-refractivity contribution in [3.05, 3.63) is 29.8 Å². The van der Waals surface area contributed by atoms with Crippen LogP contribution in [0.2, 0.25) is 0 Å². The average molecular weight is 704 g/mol. The number of phenols is 1. The van der Waals surface area contributed by atoms with Gasteiger partial charge in [-0.1, -0.05) is 39.8 Å².